The largest absolute Gasteiger partial charge is 0.340 e. The Balaban J connectivity index is 0.790. The lowest BCUT2D eigenvalue weighted by Crippen LogP contribution is -2.33. The normalized spacial score (nSPS) is 19.4. The van der Waals surface area contributed by atoms with Gasteiger partial charge >= 0.3 is 0 Å². The average molecular weight is 1390 g/mol. The van der Waals surface area contributed by atoms with Gasteiger partial charge in [0.15, 0.2) is 11.4 Å². The number of allylic oxidation sites excluding steroid dienone is 8. The van der Waals surface area contributed by atoms with Gasteiger partial charge in [-0.1, -0.05) is 181 Å². The van der Waals surface area contributed by atoms with E-state index in [0.29, 0.717) is 25.9 Å². The average Bonchev–Trinajstić information content (AvgIpc) is 1.58. The van der Waals surface area contributed by atoms with Crippen molar-refractivity contribution in [3.63, 3.8) is 0 Å². The molecule has 2 atom stereocenters. The first-order valence-corrected chi connectivity index (χ1v) is 34.3. The van der Waals surface area contributed by atoms with Crippen LogP contribution in [0.1, 0.15) is 86.1 Å². The van der Waals surface area contributed by atoms with Crippen LogP contribution in [0.5, 0.6) is 0 Å². The van der Waals surface area contributed by atoms with Crippen LogP contribution in [0.15, 0.2) is 263 Å². The molecule has 11 aromatic rings. The van der Waals surface area contributed by atoms with Crippen molar-refractivity contribution in [1.29, 1.82) is 0 Å². The Morgan fingerprint density at radius 3 is 1.14 bits per heavy atom. The van der Waals surface area contributed by atoms with E-state index in [1.807, 2.05) is 24.3 Å². The smallest absolute Gasteiger partial charge is 0.270 e. The van der Waals surface area contributed by atoms with Crippen molar-refractivity contribution >= 4 is 120 Å². The SMILES string of the molecule is C[N+]1=C(C=CC=C2N(Cc3ccc(CN4C(=CC=CC5=[N+](C)c6ccc7ccc([N+](=O)[O-])cc7c6C5(C)Cc5ccccc5)C(C)(C)c5c4ccc4ccc(Br)cc54)cc3)c3ccc4ccc(Br)cc4c3C2(C)C)C(C)(Cc2ccccc2)c2c1ccc1ccc([N+](=O)[O-])cc21. The number of halogens is 2. The number of fused-ring (bicyclic) bond motifs is 12. The van der Waals surface area contributed by atoms with Crippen molar-refractivity contribution < 1.29 is 19.0 Å². The second kappa shape index (κ2) is 23.5. The zero-order valence-corrected chi connectivity index (χ0v) is 58.2. The standard InChI is InChI=1S/C84H72Br2N6O4/c1-81(2)73(21-15-23-75-83(5,49-53-17-11-9-12-18-53)79-67-47-63(91(93)94)39-31-59(67)33-41-69(79)87(75)7)89(71-43-35-57-29-37-61(85)45-65(57)77(71)81)51-55-25-27-56(28-26-55)52-90-72-44-36-58-30-38-62(86)46-66(58)78(72)82(3,4)74(90)22-16-24-76-84(6,50-54-19-13-10-14-20-54)80-68-48-64(92(95)96)40-32-60(68)34-42-70(80)88(76)8/h9-48H,49-52H2,1-8H3/q+2. The van der Waals surface area contributed by atoms with Crippen LogP contribution in [0.3, 0.4) is 0 Å². The van der Waals surface area contributed by atoms with E-state index in [4.69, 9.17) is 0 Å². The number of nitro benzene ring substituents is 2. The van der Waals surface area contributed by atoms with Gasteiger partial charge < -0.3 is 9.80 Å². The predicted molar refractivity (Wildman–Crippen MR) is 401 cm³/mol. The molecule has 0 aromatic heterocycles. The number of anilines is 2. The highest BCUT2D eigenvalue weighted by molar-refractivity contribution is 9.10. The summed E-state index contributed by atoms with van der Waals surface area (Å²) in [5, 5.41) is 33.1. The summed E-state index contributed by atoms with van der Waals surface area (Å²) in [5.41, 5.74) is 16.8. The molecule has 96 heavy (non-hydrogen) atoms. The maximum atomic E-state index is 12.3. The molecular formula is C84H72Br2N6O4+2. The summed E-state index contributed by atoms with van der Waals surface area (Å²) in [4.78, 5) is 29.0. The van der Waals surface area contributed by atoms with Crippen LogP contribution in [0.25, 0.3) is 43.1 Å². The third-order valence-corrected chi connectivity index (χ3v) is 22.2. The summed E-state index contributed by atoms with van der Waals surface area (Å²) in [7, 11) is 4.25. The summed E-state index contributed by atoms with van der Waals surface area (Å²) in [5.74, 6) is 0. The number of benzene rings is 11. The molecule has 4 aliphatic heterocycles. The van der Waals surface area contributed by atoms with Gasteiger partial charge in [0.1, 0.15) is 14.1 Å². The maximum Gasteiger partial charge on any atom is 0.270 e. The predicted octanol–water partition coefficient (Wildman–Crippen LogP) is 21.0. The van der Waals surface area contributed by atoms with E-state index < -0.39 is 21.7 Å². The molecule has 12 heteroatoms. The fourth-order valence-electron chi connectivity index (χ4n) is 16.8. The minimum atomic E-state index is -0.534. The molecule has 2 unspecified atom stereocenters. The van der Waals surface area contributed by atoms with Crippen LogP contribution in [-0.2, 0) is 47.6 Å². The number of hydrogen-bond acceptors (Lipinski definition) is 6. The highest BCUT2D eigenvalue weighted by atomic mass is 79.9. The molecule has 0 aliphatic carbocycles. The van der Waals surface area contributed by atoms with Crippen molar-refractivity contribution in [2.24, 2.45) is 0 Å². The summed E-state index contributed by atoms with van der Waals surface area (Å²) in [6.45, 7) is 15.2. The molecule has 0 amide bonds. The van der Waals surface area contributed by atoms with Gasteiger partial charge in [-0.25, -0.2) is 0 Å². The van der Waals surface area contributed by atoms with Crippen molar-refractivity contribution in [2.45, 2.75) is 89.1 Å². The molecule has 11 aromatic carbocycles. The Morgan fingerprint density at radius 1 is 0.417 bits per heavy atom. The van der Waals surface area contributed by atoms with E-state index in [9.17, 15) is 20.2 Å². The van der Waals surface area contributed by atoms with Crippen LogP contribution < -0.4 is 9.80 Å². The van der Waals surface area contributed by atoms with Crippen molar-refractivity contribution in [2.75, 3.05) is 23.9 Å². The molecule has 0 radical (unpaired) electrons. The minimum absolute atomic E-state index is 0.0823. The summed E-state index contributed by atoms with van der Waals surface area (Å²) < 4.78 is 6.62. The van der Waals surface area contributed by atoms with Crippen LogP contribution in [0, 0.1) is 20.2 Å². The Labute approximate surface area is 576 Å². The highest BCUT2D eigenvalue weighted by Crippen LogP contribution is 2.55. The van der Waals surface area contributed by atoms with Gasteiger partial charge in [-0.3, -0.25) is 20.2 Å². The van der Waals surface area contributed by atoms with Crippen molar-refractivity contribution in [1.82, 2.24) is 0 Å². The van der Waals surface area contributed by atoms with Gasteiger partial charge in [-0.2, -0.15) is 9.15 Å². The first-order chi connectivity index (χ1) is 46.1. The molecule has 15 rings (SSSR count). The third kappa shape index (κ3) is 10.2. The van der Waals surface area contributed by atoms with Gasteiger partial charge in [0.25, 0.3) is 11.4 Å². The second-order valence-corrected chi connectivity index (χ2v) is 29.7. The molecule has 0 spiro atoms. The van der Waals surface area contributed by atoms with E-state index in [2.05, 4.69) is 301 Å². The summed E-state index contributed by atoms with van der Waals surface area (Å²) in [6.07, 6.45) is 15.0. The van der Waals surface area contributed by atoms with Crippen molar-refractivity contribution in [3.05, 3.63) is 328 Å². The molecular weight excluding hydrogens is 1320 g/mol. The molecule has 0 fully saturated rings. The number of hydrogen-bond donors (Lipinski definition) is 0. The van der Waals surface area contributed by atoms with Gasteiger partial charge in [0.2, 0.25) is 11.4 Å². The Hall–Kier alpha value is -9.88. The van der Waals surface area contributed by atoms with Gasteiger partial charge in [0, 0.05) is 115 Å². The van der Waals surface area contributed by atoms with Gasteiger partial charge in [0.05, 0.1) is 20.7 Å². The molecule has 4 aliphatic rings. The fraction of sp³-hybridized carbons (Fsp3) is 0.190. The number of nitrogens with zero attached hydrogens (tertiary/aromatic N) is 6. The van der Waals surface area contributed by atoms with E-state index in [-0.39, 0.29) is 21.2 Å². The summed E-state index contributed by atoms with van der Waals surface area (Å²) >= 11 is 7.68. The van der Waals surface area contributed by atoms with E-state index >= 15 is 0 Å². The van der Waals surface area contributed by atoms with E-state index in [0.717, 1.165) is 64.4 Å². The monoisotopic (exact) mass is 1390 g/mol. The maximum absolute atomic E-state index is 12.3. The van der Waals surface area contributed by atoms with Crippen LogP contribution in [0.2, 0.25) is 0 Å². The summed E-state index contributed by atoms with van der Waals surface area (Å²) in [6, 6.07) is 71.5. The lowest BCUT2D eigenvalue weighted by atomic mass is 9.73. The van der Waals surface area contributed by atoms with Crippen LogP contribution in [-0.4, -0.2) is 44.5 Å². The Kier molecular flexibility index (Phi) is 15.2. The molecule has 0 saturated carbocycles. The lowest BCUT2D eigenvalue weighted by Gasteiger charge is -2.28. The van der Waals surface area contributed by atoms with Crippen molar-refractivity contribution in [3.8, 4) is 0 Å². The van der Waals surface area contributed by atoms with E-state index in [1.165, 1.54) is 77.7 Å². The zero-order chi connectivity index (χ0) is 66.7. The molecule has 10 nitrogen and oxygen atoms in total. The highest BCUT2D eigenvalue weighted by Gasteiger charge is 2.50. The Bertz CT molecular complexity index is 5010. The quantitative estimate of drug-likeness (QED) is 0.0611. The number of nitro groups is 2. The minimum Gasteiger partial charge on any atom is -0.340 e. The van der Waals surface area contributed by atoms with Crippen LogP contribution >= 0.6 is 31.9 Å². The zero-order valence-electron chi connectivity index (χ0n) is 55.0. The Morgan fingerprint density at radius 2 is 0.760 bits per heavy atom. The van der Waals surface area contributed by atoms with Gasteiger partial charge in [-0.15, -0.1) is 0 Å². The number of rotatable bonds is 14. The molecule has 4 heterocycles. The third-order valence-electron chi connectivity index (χ3n) is 21.2. The van der Waals surface area contributed by atoms with Gasteiger partial charge in [-0.05, 0) is 176 Å². The topological polar surface area (TPSA) is 98.8 Å². The second-order valence-electron chi connectivity index (χ2n) is 27.8. The fourth-order valence-corrected chi connectivity index (χ4v) is 17.5. The lowest BCUT2D eigenvalue weighted by molar-refractivity contribution is -0.401. The molecule has 474 valence electrons. The van der Waals surface area contributed by atoms with E-state index in [1.54, 1.807) is 24.3 Å². The first-order valence-electron chi connectivity index (χ1n) is 32.7. The first kappa shape index (κ1) is 62.2. The number of non-ortho nitro benzene ring substituents is 2. The molecule has 0 N–H and O–H groups in total. The van der Waals surface area contributed by atoms with Crippen LogP contribution in [0.4, 0.5) is 34.1 Å². The molecule has 0 saturated heterocycles. The molecule has 0 bridgehead atoms.